The quantitative estimate of drug-likeness (QED) is 0.805. The number of nitrogens with zero attached hydrogens (tertiary/aromatic N) is 3. The highest BCUT2D eigenvalue weighted by Crippen LogP contribution is 2.28. The molecule has 2 aromatic rings. The molecule has 4 rings (SSSR count). The van der Waals surface area contributed by atoms with Gasteiger partial charge < -0.3 is 15.1 Å². The number of aryl methyl sites for hydroxylation is 1. The number of likely N-dealkylation sites (tertiary alicyclic amines) is 1. The molecule has 7 nitrogen and oxygen atoms in total. The van der Waals surface area contributed by atoms with E-state index in [9.17, 15) is 14.4 Å². The smallest absolute Gasteiger partial charge is 0.228 e. The van der Waals surface area contributed by atoms with Crippen molar-refractivity contribution >= 4 is 23.4 Å². The van der Waals surface area contributed by atoms with Gasteiger partial charge in [-0.05, 0) is 44.0 Å². The molecule has 162 valence electrons. The summed E-state index contributed by atoms with van der Waals surface area (Å²) in [5, 5.41) is 2.95. The van der Waals surface area contributed by atoms with Crippen molar-refractivity contribution in [2.24, 2.45) is 11.8 Å². The molecule has 0 aliphatic carbocycles. The summed E-state index contributed by atoms with van der Waals surface area (Å²) in [5.74, 6) is -0.383. The molecule has 0 unspecified atom stereocenters. The van der Waals surface area contributed by atoms with Crippen molar-refractivity contribution in [2.45, 2.75) is 32.7 Å². The second kappa shape index (κ2) is 9.29. The number of anilines is 1. The Morgan fingerprint density at radius 2 is 1.81 bits per heavy atom. The summed E-state index contributed by atoms with van der Waals surface area (Å²) in [5.41, 5.74) is 2.80. The first-order chi connectivity index (χ1) is 15.0. The number of amides is 3. The minimum absolute atomic E-state index is 0.00834. The van der Waals surface area contributed by atoms with Crippen LogP contribution in [0.25, 0.3) is 0 Å². The van der Waals surface area contributed by atoms with E-state index < -0.39 is 0 Å². The van der Waals surface area contributed by atoms with Crippen LogP contribution in [0, 0.1) is 18.8 Å². The van der Waals surface area contributed by atoms with Gasteiger partial charge in [-0.3, -0.25) is 19.4 Å². The summed E-state index contributed by atoms with van der Waals surface area (Å²) in [6.07, 6.45) is 3.24. The zero-order valence-corrected chi connectivity index (χ0v) is 17.8. The van der Waals surface area contributed by atoms with E-state index in [4.69, 9.17) is 0 Å². The molecule has 1 aromatic heterocycles. The van der Waals surface area contributed by atoms with Crippen molar-refractivity contribution in [1.29, 1.82) is 0 Å². The van der Waals surface area contributed by atoms with Crippen LogP contribution in [-0.2, 0) is 20.9 Å². The zero-order chi connectivity index (χ0) is 21.8. The molecule has 2 saturated heterocycles. The van der Waals surface area contributed by atoms with Crippen molar-refractivity contribution in [2.75, 3.05) is 24.5 Å². The molecule has 0 spiro atoms. The Labute approximate surface area is 182 Å². The molecule has 2 aliphatic heterocycles. The van der Waals surface area contributed by atoms with Crippen LogP contribution in [0.1, 0.15) is 30.5 Å². The normalized spacial score (nSPS) is 19.5. The fraction of sp³-hybridized carbons (Fsp3) is 0.417. The number of aromatic nitrogens is 1. The second-order valence-electron chi connectivity index (χ2n) is 8.38. The average molecular weight is 421 g/mol. The number of benzene rings is 1. The van der Waals surface area contributed by atoms with Gasteiger partial charge in [0.05, 0.1) is 18.2 Å². The lowest BCUT2D eigenvalue weighted by atomic mass is 9.94. The van der Waals surface area contributed by atoms with E-state index in [1.54, 1.807) is 11.1 Å². The highest BCUT2D eigenvalue weighted by atomic mass is 16.2. The van der Waals surface area contributed by atoms with Gasteiger partial charge in [0.2, 0.25) is 17.7 Å². The standard InChI is InChI=1S/C24H28N4O3/c1-17-5-7-21(8-6-17)28-16-19(14-22(28)29)24(31)27-12-9-18(10-13-27)23(30)26-15-20-4-2-3-11-25-20/h2-8,11,18-19H,9-10,12-16H2,1H3,(H,26,30)/t19-/m0/s1. The van der Waals surface area contributed by atoms with Gasteiger partial charge in [-0.15, -0.1) is 0 Å². The van der Waals surface area contributed by atoms with Crippen molar-refractivity contribution in [3.63, 3.8) is 0 Å². The van der Waals surface area contributed by atoms with Crippen molar-refractivity contribution in [1.82, 2.24) is 15.2 Å². The molecule has 1 N–H and O–H groups in total. The fourth-order valence-electron chi connectivity index (χ4n) is 4.29. The summed E-state index contributed by atoms with van der Waals surface area (Å²) >= 11 is 0. The van der Waals surface area contributed by atoms with Gasteiger partial charge in [0, 0.05) is 43.9 Å². The number of rotatable bonds is 5. The predicted octanol–water partition coefficient (Wildman–Crippen LogP) is 2.30. The molecular weight excluding hydrogens is 392 g/mol. The first-order valence-corrected chi connectivity index (χ1v) is 10.8. The summed E-state index contributed by atoms with van der Waals surface area (Å²) < 4.78 is 0. The number of carbonyl (C=O) groups is 3. The molecule has 1 atom stereocenters. The lowest BCUT2D eigenvalue weighted by Gasteiger charge is -2.33. The largest absolute Gasteiger partial charge is 0.350 e. The first-order valence-electron chi connectivity index (χ1n) is 10.8. The van der Waals surface area contributed by atoms with Gasteiger partial charge in [-0.2, -0.15) is 0 Å². The number of hydrogen-bond acceptors (Lipinski definition) is 4. The fourth-order valence-corrected chi connectivity index (χ4v) is 4.29. The van der Waals surface area contributed by atoms with Crippen LogP contribution in [0.15, 0.2) is 48.7 Å². The van der Waals surface area contributed by atoms with Crippen LogP contribution in [0.2, 0.25) is 0 Å². The van der Waals surface area contributed by atoms with E-state index in [1.165, 1.54) is 0 Å². The third-order valence-corrected chi connectivity index (χ3v) is 6.17. The van der Waals surface area contributed by atoms with Crippen LogP contribution in [0.3, 0.4) is 0 Å². The summed E-state index contributed by atoms with van der Waals surface area (Å²) in [6, 6.07) is 13.4. The molecule has 7 heteroatoms. The van der Waals surface area contributed by atoms with Crippen LogP contribution < -0.4 is 10.2 Å². The van der Waals surface area contributed by atoms with E-state index in [1.807, 2.05) is 54.3 Å². The summed E-state index contributed by atoms with van der Waals surface area (Å²) in [4.78, 5) is 45.7. The maximum absolute atomic E-state index is 13.0. The van der Waals surface area contributed by atoms with E-state index in [-0.39, 0.29) is 36.0 Å². The summed E-state index contributed by atoms with van der Waals surface area (Å²) in [6.45, 7) is 3.94. The first kappa shape index (κ1) is 21.0. The van der Waals surface area contributed by atoms with Gasteiger partial charge >= 0.3 is 0 Å². The second-order valence-corrected chi connectivity index (χ2v) is 8.38. The Morgan fingerprint density at radius 1 is 1.06 bits per heavy atom. The Morgan fingerprint density at radius 3 is 2.48 bits per heavy atom. The maximum Gasteiger partial charge on any atom is 0.228 e. The number of hydrogen-bond donors (Lipinski definition) is 1. The zero-order valence-electron chi connectivity index (χ0n) is 17.8. The maximum atomic E-state index is 13.0. The Balaban J connectivity index is 1.27. The number of piperidine rings is 1. The molecular formula is C24H28N4O3. The van der Waals surface area contributed by atoms with E-state index in [2.05, 4.69) is 10.3 Å². The van der Waals surface area contributed by atoms with Gasteiger partial charge in [0.1, 0.15) is 0 Å². The number of nitrogens with one attached hydrogen (secondary N) is 1. The molecule has 0 bridgehead atoms. The monoisotopic (exact) mass is 420 g/mol. The van der Waals surface area contributed by atoms with Crippen LogP contribution in [0.5, 0.6) is 0 Å². The molecule has 3 heterocycles. The third-order valence-electron chi connectivity index (χ3n) is 6.17. The van der Waals surface area contributed by atoms with E-state index in [0.29, 0.717) is 39.0 Å². The average Bonchev–Trinajstić information content (AvgIpc) is 3.20. The van der Waals surface area contributed by atoms with Gasteiger partial charge in [0.25, 0.3) is 0 Å². The minimum atomic E-state index is -0.316. The van der Waals surface area contributed by atoms with Gasteiger partial charge in [-0.1, -0.05) is 23.8 Å². The van der Waals surface area contributed by atoms with Crippen LogP contribution in [-0.4, -0.2) is 47.2 Å². The summed E-state index contributed by atoms with van der Waals surface area (Å²) in [7, 11) is 0. The minimum Gasteiger partial charge on any atom is -0.350 e. The number of pyridine rings is 1. The van der Waals surface area contributed by atoms with E-state index in [0.717, 1.165) is 16.9 Å². The van der Waals surface area contributed by atoms with Crippen molar-refractivity contribution < 1.29 is 14.4 Å². The van der Waals surface area contributed by atoms with E-state index >= 15 is 0 Å². The van der Waals surface area contributed by atoms with Gasteiger partial charge in [0.15, 0.2) is 0 Å². The van der Waals surface area contributed by atoms with Crippen molar-refractivity contribution in [3.8, 4) is 0 Å². The SMILES string of the molecule is Cc1ccc(N2C[C@@H](C(=O)N3CCC(C(=O)NCc4ccccn4)CC3)CC2=O)cc1. The third kappa shape index (κ3) is 4.93. The van der Waals surface area contributed by atoms with Crippen LogP contribution >= 0.6 is 0 Å². The van der Waals surface area contributed by atoms with Crippen LogP contribution in [0.4, 0.5) is 5.69 Å². The molecule has 0 saturated carbocycles. The van der Waals surface area contributed by atoms with Gasteiger partial charge in [-0.25, -0.2) is 0 Å². The Kier molecular flexibility index (Phi) is 6.30. The molecule has 0 radical (unpaired) electrons. The Bertz CT molecular complexity index is 937. The Hall–Kier alpha value is -3.22. The molecule has 2 aliphatic rings. The van der Waals surface area contributed by atoms with Crippen molar-refractivity contribution in [3.05, 3.63) is 59.9 Å². The lowest BCUT2D eigenvalue weighted by molar-refractivity contribution is -0.139. The molecule has 2 fully saturated rings. The predicted molar refractivity (Wildman–Crippen MR) is 117 cm³/mol. The highest BCUT2D eigenvalue weighted by Gasteiger charge is 2.38. The highest BCUT2D eigenvalue weighted by molar-refractivity contribution is 6.00. The topological polar surface area (TPSA) is 82.6 Å². The number of carbonyl (C=O) groups excluding carboxylic acids is 3. The lowest BCUT2D eigenvalue weighted by Crippen LogP contribution is -2.45. The molecule has 31 heavy (non-hydrogen) atoms. The molecule has 1 aromatic carbocycles. The molecule has 3 amide bonds.